The number of aromatic amines is 1. The molecule has 4 nitrogen and oxygen atoms in total. The van der Waals surface area contributed by atoms with Gasteiger partial charge in [-0.15, -0.1) is 0 Å². The van der Waals surface area contributed by atoms with Gasteiger partial charge in [0.05, 0.1) is 6.20 Å². The molecule has 21 heavy (non-hydrogen) atoms. The molecule has 2 N–H and O–H groups in total. The number of nitrogens with one attached hydrogen (secondary N) is 1. The number of phenolic OH excluding ortho intramolecular Hbond substituents is 1. The molecule has 3 rings (SSSR count). The van der Waals surface area contributed by atoms with Gasteiger partial charge in [-0.3, -0.25) is 10.00 Å². The number of rotatable bonds is 3. The topological polar surface area (TPSA) is 52.2 Å². The van der Waals surface area contributed by atoms with Crippen LogP contribution < -0.4 is 0 Å². The number of benzene rings is 1. The maximum Gasteiger partial charge on any atom is 0.115 e. The van der Waals surface area contributed by atoms with Crippen molar-refractivity contribution in [2.24, 2.45) is 0 Å². The van der Waals surface area contributed by atoms with Gasteiger partial charge in [-0.1, -0.05) is 19.1 Å². The van der Waals surface area contributed by atoms with E-state index in [0.29, 0.717) is 5.75 Å². The standard InChI is InChI=1S/C17H23N3O/c1-13-11-18-19-16(13)17(2)7-9-20(10-8-17)12-14-3-5-15(21)6-4-14/h3-6,11,21H,7-10,12H2,1-2H3,(H,18,19). The van der Waals surface area contributed by atoms with Crippen LogP contribution in [0, 0.1) is 6.92 Å². The molecule has 0 aliphatic carbocycles. The molecule has 1 fully saturated rings. The fourth-order valence-corrected chi connectivity index (χ4v) is 3.27. The quantitative estimate of drug-likeness (QED) is 0.911. The molecule has 4 heteroatoms. The number of phenols is 1. The fraction of sp³-hybridized carbons (Fsp3) is 0.471. The minimum atomic E-state index is 0.214. The van der Waals surface area contributed by atoms with E-state index in [2.05, 4.69) is 28.9 Å². The highest BCUT2D eigenvalue weighted by Crippen LogP contribution is 2.35. The number of aromatic hydroxyl groups is 1. The number of aryl methyl sites for hydroxylation is 1. The van der Waals surface area contributed by atoms with Gasteiger partial charge in [-0.25, -0.2) is 0 Å². The molecule has 1 aliphatic rings. The van der Waals surface area contributed by atoms with Crippen molar-refractivity contribution in [2.75, 3.05) is 13.1 Å². The molecule has 0 radical (unpaired) electrons. The van der Waals surface area contributed by atoms with E-state index < -0.39 is 0 Å². The fourth-order valence-electron chi connectivity index (χ4n) is 3.27. The Balaban J connectivity index is 1.62. The van der Waals surface area contributed by atoms with Crippen molar-refractivity contribution >= 4 is 0 Å². The van der Waals surface area contributed by atoms with Crippen molar-refractivity contribution in [1.82, 2.24) is 15.1 Å². The third-order valence-electron chi connectivity index (χ3n) is 4.73. The monoisotopic (exact) mass is 285 g/mol. The lowest BCUT2D eigenvalue weighted by Gasteiger charge is -2.39. The van der Waals surface area contributed by atoms with Crippen molar-refractivity contribution in [2.45, 2.75) is 38.6 Å². The second kappa shape index (κ2) is 5.53. The van der Waals surface area contributed by atoms with Crippen LogP contribution in [0.4, 0.5) is 0 Å². The van der Waals surface area contributed by atoms with Crippen LogP contribution in [0.2, 0.25) is 0 Å². The van der Waals surface area contributed by atoms with E-state index in [1.165, 1.54) is 16.8 Å². The van der Waals surface area contributed by atoms with Gasteiger partial charge >= 0.3 is 0 Å². The van der Waals surface area contributed by atoms with Gasteiger partial charge in [-0.05, 0) is 56.1 Å². The molecule has 0 atom stereocenters. The third kappa shape index (κ3) is 2.95. The van der Waals surface area contributed by atoms with E-state index in [4.69, 9.17) is 0 Å². The molecular formula is C17H23N3O. The number of hydrogen-bond acceptors (Lipinski definition) is 3. The Kier molecular flexibility index (Phi) is 3.72. The lowest BCUT2D eigenvalue weighted by atomic mass is 9.76. The molecule has 2 heterocycles. The summed E-state index contributed by atoms with van der Waals surface area (Å²) in [5.74, 6) is 0.333. The predicted molar refractivity (Wildman–Crippen MR) is 83.3 cm³/mol. The molecule has 1 saturated heterocycles. The normalized spacial score (nSPS) is 18.8. The Labute approximate surface area is 125 Å². The number of hydrogen-bond donors (Lipinski definition) is 2. The van der Waals surface area contributed by atoms with Crippen LogP contribution in [0.1, 0.15) is 36.6 Å². The highest BCUT2D eigenvalue weighted by atomic mass is 16.3. The first kappa shape index (κ1) is 14.1. The summed E-state index contributed by atoms with van der Waals surface area (Å²) in [7, 11) is 0. The second-order valence-electron chi connectivity index (χ2n) is 6.43. The Morgan fingerprint density at radius 2 is 1.90 bits per heavy atom. The zero-order valence-electron chi connectivity index (χ0n) is 12.8. The molecule has 0 unspecified atom stereocenters. The van der Waals surface area contributed by atoms with E-state index in [-0.39, 0.29) is 5.41 Å². The number of nitrogens with zero attached hydrogens (tertiary/aromatic N) is 2. The Morgan fingerprint density at radius 3 is 2.48 bits per heavy atom. The summed E-state index contributed by atoms with van der Waals surface area (Å²) < 4.78 is 0. The van der Waals surface area contributed by atoms with Gasteiger partial charge in [0.15, 0.2) is 0 Å². The highest BCUT2D eigenvalue weighted by Gasteiger charge is 2.34. The van der Waals surface area contributed by atoms with Gasteiger partial charge < -0.3 is 5.11 Å². The first-order valence-corrected chi connectivity index (χ1v) is 7.57. The van der Waals surface area contributed by atoms with Gasteiger partial charge in [0.1, 0.15) is 5.75 Å². The van der Waals surface area contributed by atoms with Crippen molar-refractivity contribution in [3.63, 3.8) is 0 Å². The van der Waals surface area contributed by atoms with E-state index in [9.17, 15) is 5.11 Å². The van der Waals surface area contributed by atoms with Crippen LogP contribution in [-0.2, 0) is 12.0 Å². The van der Waals surface area contributed by atoms with Crippen LogP contribution in [0.5, 0.6) is 5.75 Å². The highest BCUT2D eigenvalue weighted by molar-refractivity contribution is 5.26. The smallest absolute Gasteiger partial charge is 0.115 e. The summed E-state index contributed by atoms with van der Waals surface area (Å²) >= 11 is 0. The summed E-state index contributed by atoms with van der Waals surface area (Å²) in [4.78, 5) is 2.49. The average molecular weight is 285 g/mol. The summed E-state index contributed by atoms with van der Waals surface area (Å²) in [6.45, 7) is 7.61. The lowest BCUT2D eigenvalue weighted by molar-refractivity contribution is 0.159. The molecular weight excluding hydrogens is 262 g/mol. The van der Waals surface area contributed by atoms with Crippen LogP contribution in [0.3, 0.4) is 0 Å². The summed E-state index contributed by atoms with van der Waals surface area (Å²) in [5.41, 5.74) is 4.04. The maximum absolute atomic E-state index is 9.34. The largest absolute Gasteiger partial charge is 0.508 e. The van der Waals surface area contributed by atoms with E-state index in [1.807, 2.05) is 18.3 Å². The zero-order chi connectivity index (χ0) is 14.9. The molecule has 0 amide bonds. The molecule has 2 aromatic rings. The van der Waals surface area contributed by atoms with Gasteiger partial charge in [0.2, 0.25) is 0 Å². The number of likely N-dealkylation sites (tertiary alicyclic amines) is 1. The maximum atomic E-state index is 9.34. The molecule has 1 aliphatic heterocycles. The number of aromatic nitrogens is 2. The lowest BCUT2D eigenvalue weighted by Crippen LogP contribution is -2.41. The third-order valence-corrected chi connectivity index (χ3v) is 4.73. The summed E-state index contributed by atoms with van der Waals surface area (Å²) in [5, 5.41) is 16.7. The molecule has 112 valence electrons. The van der Waals surface area contributed by atoms with Crippen LogP contribution in [0.15, 0.2) is 30.5 Å². The van der Waals surface area contributed by atoms with E-state index in [0.717, 1.165) is 32.5 Å². The molecule has 1 aromatic heterocycles. The van der Waals surface area contributed by atoms with Gasteiger partial charge in [-0.2, -0.15) is 5.10 Å². The Morgan fingerprint density at radius 1 is 1.24 bits per heavy atom. The Bertz CT molecular complexity index is 595. The molecule has 0 spiro atoms. The van der Waals surface area contributed by atoms with Crippen molar-refractivity contribution in [1.29, 1.82) is 0 Å². The average Bonchev–Trinajstić information content (AvgIpc) is 2.91. The van der Waals surface area contributed by atoms with E-state index >= 15 is 0 Å². The molecule has 0 bridgehead atoms. The second-order valence-corrected chi connectivity index (χ2v) is 6.43. The van der Waals surface area contributed by atoms with Crippen LogP contribution >= 0.6 is 0 Å². The Hall–Kier alpha value is -1.81. The number of piperidine rings is 1. The van der Waals surface area contributed by atoms with Crippen molar-refractivity contribution < 1.29 is 5.11 Å². The van der Waals surface area contributed by atoms with Crippen LogP contribution in [-0.4, -0.2) is 33.3 Å². The first-order chi connectivity index (χ1) is 10.1. The number of H-pyrrole nitrogens is 1. The van der Waals surface area contributed by atoms with Gasteiger partial charge in [0, 0.05) is 17.7 Å². The first-order valence-electron chi connectivity index (χ1n) is 7.57. The van der Waals surface area contributed by atoms with Crippen molar-refractivity contribution in [3.8, 4) is 5.75 Å². The summed E-state index contributed by atoms with van der Waals surface area (Å²) in [6.07, 6.45) is 4.21. The SMILES string of the molecule is Cc1cn[nH]c1C1(C)CCN(Cc2ccc(O)cc2)CC1. The van der Waals surface area contributed by atoms with Gasteiger partial charge in [0.25, 0.3) is 0 Å². The molecule has 1 aromatic carbocycles. The van der Waals surface area contributed by atoms with E-state index in [1.54, 1.807) is 12.1 Å². The molecule has 0 saturated carbocycles. The predicted octanol–water partition coefficient (Wildman–Crippen LogP) is 2.98. The van der Waals surface area contributed by atoms with Crippen molar-refractivity contribution in [3.05, 3.63) is 47.3 Å². The minimum absolute atomic E-state index is 0.214. The zero-order valence-corrected chi connectivity index (χ0v) is 12.8. The van der Waals surface area contributed by atoms with Crippen LogP contribution in [0.25, 0.3) is 0 Å². The summed E-state index contributed by atoms with van der Waals surface area (Å²) in [6, 6.07) is 7.53. The minimum Gasteiger partial charge on any atom is -0.508 e.